The fraction of sp³-hybridized carbons (Fsp3) is 0.200. The van der Waals surface area contributed by atoms with Crippen LogP contribution in [0.3, 0.4) is 0 Å². The minimum Gasteiger partial charge on any atom is -0.488 e. The van der Waals surface area contributed by atoms with Crippen molar-refractivity contribution >= 4 is 11.6 Å². The highest BCUT2D eigenvalue weighted by atomic mass is 35.5. The Bertz CT molecular complexity index is 630. The van der Waals surface area contributed by atoms with Gasteiger partial charge >= 0.3 is 0 Å². The maximum atomic E-state index is 14.2. The van der Waals surface area contributed by atoms with Crippen molar-refractivity contribution in [2.45, 2.75) is 12.5 Å². The Balaban J connectivity index is 2.18. The predicted molar refractivity (Wildman–Crippen MR) is 74.0 cm³/mol. The molecule has 0 radical (unpaired) electrons. The summed E-state index contributed by atoms with van der Waals surface area (Å²) in [6.45, 7) is 0.415. The molecule has 0 saturated carbocycles. The average molecular weight is 278 g/mol. The van der Waals surface area contributed by atoms with Gasteiger partial charge in [-0.15, -0.1) is 0 Å². The number of fused-ring (bicyclic) bond motifs is 1. The van der Waals surface area contributed by atoms with Gasteiger partial charge in [-0.25, -0.2) is 4.39 Å². The molecule has 2 aromatic rings. The van der Waals surface area contributed by atoms with E-state index in [2.05, 4.69) is 0 Å². The molecule has 0 aliphatic carbocycles. The molecule has 0 fully saturated rings. The molecule has 0 bridgehead atoms. The molecule has 0 spiro atoms. The first-order chi connectivity index (χ1) is 9.20. The van der Waals surface area contributed by atoms with Crippen molar-refractivity contribution in [3.05, 3.63) is 52.8 Å². The first-order valence-corrected chi connectivity index (χ1v) is 6.51. The van der Waals surface area contributed by atoms with Crippen LogP contribution < -0.4 is 10.5 Å². The smallest absolute Gasteiger partial charge is 0.134 e. The molecular formula is C15H13ClFNO. The topological polar surface area (TPSA) is 35.2 Å². The standard InChI is InChI=1S/C15H13ClFNO/c16-12-4-2-1-3-11(12)14-13(17)6-5-9-7-10(8-18)19-15(9)14/h1-6,10H,7-8,18H2/t10-/m0/s1. The van der Waals surface area contributed by atoms with Gasteiger partial charge in [0.25, 0.3) is 0 Å². The summed E-state index contributed by atoms with van der Waals surface area (Å²) in [5, 5.41) is 0.509. The molecule has 4 heteroatoms. The fourth-order valence-electron chi connectivity index (χ4n) is 2.40. The summed E-state index contributed by atoms with van der Waals surface area (Å²) in [5.41, 5.74) is 7.68. The lowest BCUT2D eigenvalue weighted by atomic mass is 10.00. The number of rotatable bonds is 2. The van der Waals surface area contributed by atoms with Crippen LogP contribution in [0.4, 0.5) is 4.39 Å². The van der Waals surface area contributed by atoms with E-state index in [1.165, 1.54) is 6.07 Å². The minimum atomic E-state index is -0.329. The van der Waals surface area contributed by atoms with Crippen LogP contribution in [0.1, 0.15) is 5.56 Å². The molecule has 1 aliphatic heterocycles. The predicted octanol–water partition coefficient (Wildman–Crippen LogP) is 3.41. The van der Waals surface area contributed by atoms with E-state index in [9.17, 15) is 4.39 Å². The van der Waals surface area contributed by atoms with Gasteiger partial charge in [0.1, 0.15) is 17.7 Å². The monoisotopic (exact) mass is 277 g/mol. The van der Waals surface area contributed by atoms with Crippen LogP contribution in [0.25, 0.3) is 11.1 Å². The van der Waals surface area contributed by atoms with Crippen molar-refractivity contribution in [3.8, 4) is 16.9 Å². The molecule has 2 N–H and O–H groups in total. The zero-order chi connectivity index (χ0) is 13.4. The van der Waals surface area contributed by atoms with Crippen LogP contribution in [0.15, 0.2) is 36.4 Å². The van der Waals surface area contributed by atoms with E-state index in [4.69, 9.17) is 22.1 Å². The molecule has 0 unspecified atom stereocenters. The summed E-state index contributed by atoms with van der Waals surface area (Å²) < 4.78 is 19.9. The van der Waals surface area contributed by atoms with Crippen molar-refractivity contribution in [2.24, 2.45) is 5.73 Å². The molecular weight excluding hydrogens is 265 g/mol. The van der Waals surface area contributed by atoms with Gasteiger partial charge in [0.05, 0.1) is 5.56 Å². The van der Waals surface area contributed by atoms with Crippen LogP contribution in [-0.4, -0.2) is 12.6 Å². The maximum absolute atomic E-state index is 14.2. The third-order valence-electron chi connectivity index (χ3n) is 3.33. The maximum Gasteiger partial charge on any atom is 0.134 e. The Kier molecular flexibility index (Phi) is 3.17. The van der Waals surface area contributed by atoms with Gasteiger partial charge in [-0.3, -0.25) is 0 Å². The number of halogens is 2. The summed E-state index contributed by atoms with van der Waals surface area (Å²) in [5.74, 6) is 0.244. The SMILES string of the molecule is NC[C@@H]1Cc2ccc(F)c(-c3ccccc3Cl)c2O1. The largest absolute Gasteiger partial charge is 0.488 e. The van der Waals surface area contributed by atoms with E-state index < -0.39 is 0 Å². The van der Waals surface area contributed by atoms with Gasteiger partial charge in [-0.2, -0.15) is 0 Å². The molecule has 0 aromatic heterocycles. The number of hydrogen-bond acceptors (Lipinski definition) is 2. The van der Waals surface area contributed by atoms with Gasteiger partial charge < -0.3 is 10.5 Å². The van der Waals surface area contributed by atoms with Gasteiger partial charge in [0, 0.05) is 23.6 Å². The Morgan fingerprint density at radius 3 is 2.79 bits per heavy atom. The number of benzene rings is 2. The van der Waals surface area contributed by atoms with Crippen molar-refractivity contribution in [1.29, 1.82) is 0 Å². The number of nitrogens with two attached hydrogens (primary N) is 1. The molecule has 0 amide bonds. The molecule has 0 saturated heterocycles. The second-order valence-electron chi connectivity index (χ2n) is 4.57. The van der Waals surface area contributed by atoms with E-state index in [0.29, 0.717) is 34.9 Å². The number of ether oxygens (including phenoxy) is 1. The molecule has 3 rings (SSSR count). The molecule has 2 aromatic carbocycles. The van der Waals surface area contributed by atoms with E-state index in [0.717, 1.165) is 5.56 Å². The van der Waals surface area contributed by atoms with Crippen molar-refractivity contribution in [1.82, 2.24) is 0 Å². The van der Waals surface area contributed by atoms with Crippen molar-refractivity contribution in [2.75, 3.05) is 6.54 Å². The van der Waals surface area contributed by atoms with Gasteiger partial charge in [-0.05, 0) is 17.7 Å². The lowest BCUT2D eigenvalue weighted by Gasteiger charge is -2.12. The normalized spacial score (nSPS) is 17.1. The van der Waals surface area contributed by atoms with Gasteiger partial charge in [-0.1, -0.05) is 35.9 Å². The minimum absolute atomic E-state index is 0.0852. The molecule has 1 atom stereocenters. The van der Waals surface area contributed by atoms with Crippen LogP contribution in [0, 0.1) is 5.82 Å². The molecule has 98 valence electrons. The first kappa shape index (κ1) is 12.5. The van der Waals surface area contributed by atoms with E-state index >= 15 is 0 Å². The summed E-state index contributed by atoms with van der Waals surface area (Å²) in [6.07, 6.45) is 0.627. The molecule has 1 aliphatic rings. The van der Waals surface area contributed by atoms with E-state index in [-0.39, 0.29) is 11.9 Å². The van der Waals surface area contributed by atoms with Crippen LogP contribution in [0.5, 0.6) is 5.75 Å². The van der Waals surface area contributed by atoms with Gasteiger partial charge in [0.15, 0.2) is 0 Å². The first-order valence-electron chi connectivity index (χ1n) is 6.13. The third-order valence-corrected chi connectivity index (χ3v) is 3.66. The van der Waals surface area contributed by atoms with Crippen LogP contribution in [-0.2, 0) is 6.42 Å². The second kappa shape index (κ2) is 4.83. The average Bonchev–Trinajstić information content (AvgIpc) is 2.83. The Morgan fingerprint density at radius 1 is 1.26 bits per heavy atom. The zero-order valence-corrected chi connectivity index (χ0v) is 11.0. The molecule has 19 heavy (non-hydrogen) atoms. The number of hydrogen-bond donors (Lipinski definition) is 1. The summed E-state index contributed by atoms with van der Waals surface area (Å²) >= 11 is 6.16. The van der Waals surface area contributed by atoms with Crippen molar-refractivity contribution < 1.29 is 9.13 Å². The van der Waals surface area contributed by atoms with E-state index in [1.54, 1.807) is 18.2 Å². The second-order valence-corrected chi connectivity index (χ2v) is 4.98. The lowest BCUT2D eigenvalue weighted by molar-refractivity contribution is 0.241. The lowest BCUT2D eigenvalue weighted by Crippen LogP contribution is -2.24. The molecule has 1 heterocycles. The Hall–Kier alpha value is -1.58. The summed E-state index contributed by atoms with van der Waals surface area (Å²) in [4.78, 5) is 0. The highest BCUT2D eigenvalue weighted by molar-refractivity contribution is 6.33. The van der Waals surface area contributed by atoms with E-state index in [1.807, 2.05) is 12.1 Å². The Labute approximate surface area is 115 Å². The third kappa shape index (κ3) is 2.09. The van der Waals surface area contributed by atoms with Crippen LogP contribution in [0.2, 0.25) is 5.02 Å². The van der Waals surface area contributed by atoms with Crippen molar-refractivity contribution in [3.63, 3.8) is 0 Å². The van der Waals surface area contributed by atoms with Gasteiger partial charge in [0.2, 0.25) is 0 Å². The van der Waals surface area contributed by atoms with Crippen LogP contribution >= 0.6 is 11.6 Å². The Morgan fingerprint density at radius 2 is 2.05 bits per heavy atom. The zero-order valence-electron chi connectivity index (χ0n) is 10.2. The quantitative estimate of drug-likeness (QED) is 0.913. The summed E-state index contributed by atoms with van der Waals surface area (Å²) in [7, 11) is 0. The highest BCUT2D eigenvalue weighted by Crippen LogP contribution is 2.42. The fourth-order valence-corrected chi connectivity index (χ4v) is 2.63. The summed E-state index contributed by atoms with van der Waals surface area (Å²) in [6, 6.07) is 10.4. The highest BCUT2D eigenvalue weighted by Gasteiger charge is 2.27. The molecule has 2 nitrogen and oxygen atoms in total.